The number of carbonyl (C=O) groups is 2. The zero-order valence-corrected chi connectivity index (χ0v) is 22.5. The molecule has 3 aromatic rings. The van der Waals surface area contributed by atoms with Crippen LogP contribution in [0.15, 0.2) is 53.1 Å². The number of nitrogens with one attached hydrogen (secondary N) is 1. The van der Waals surface area contributed by atoms with Gasteiger partial charge in [-0.1, -0.05) is 24.4 Å². The summed E-state index contributed by atoms with van der Waals surface area (Å²) in [7, 11) is 5.95. The maximum Gasteiger partial charge on any atom is 0.295 e. The molecule has 0 radical (unpaired) electrons. The van der Waals surface area contributed by atoms with Crippen LogP contribution in [0.2, 0.25) is 5.02 Å². The molecule has 2 amide bonds. The standard InChI is InChI=1S/C28H31ClN2O7/c1-34-21-12-11-18(29)16-20(21)31(28(33)22-10-7-13-38-22)25(27(32)30-19-8-5-6-9-19)17-14-23(35-2)26(37-4)24(15-17)36-3/h7,10-16,19,25H,5-6,8-9H2,1-4H3,(H,30,32)/t25-/m0/s1. The maximum atomic E-state index is 14.1. The molecule has 0 spiro atoms. The highest BCUT2D eigenvalue weighted by atomic mass is 35.5. The van der Waals surface area contributed by atoms with Gasteiger partial charge in [0, 0.05) is 11.1 Å². The first kappa shape index (κ1) is 27.2. The molecule has 10 heteroatoms. The molecule has 1 fully saturated rings. The van der Waals surface area contributed by atoms with Crippen LogP contribution in [0.25, 0.3) is 0 Å². The van der Waals surface area contributed by atoms with Crippen molar-refractivity contribution < 1.29 is 33.0 Å². The molecule has 4 rings (SSSR count). The quantitative estimate of drug-likeness (QED) is 0.365. The first-order valence-corrected chi connectivity index (χ1v) is 12.6. The number of methoxy groups -OCH3 is 4. The van der Waals surface area contributed by atoms with Crippen molar-refractivity contribution in [1.29, 1.82) is 0 Å². The zero-order valence-electron chi connectivity index (χ0n) is 21.8. The zero-order chi connectivity index (χ0) is 27.2. The van der Waals surface area contributed by atoms with Crippen molar-refractivity contribution >= 4 is 29.1 Å². The summed E-state index contributed by atoms with van der Waals surface area (Å²) in [5.41, 5.74) is 0.721. The number of nitrogens with zero attached hydrogens (tertiary/aromatic N) is 1. The van der Waals surface area contributed by atoms with Gasteiger partial charge in [0.25, 0.3) is 5.91 Å². The number of rotatable bonds is 10. The molecule has 2 aromatic carbocycles. The van der Waals surface area contributed by atoms with E-state index in [1.54, 1.807) is 36.4 Å². The van der Waals surface area contributed by atoms with Gasteiger partial charge >= 0.3 is 0 Å². The van der Waals surface area contributed by atoms with Gasteiger partial charge in [0.1, 0.15) is 11.8 Å². The smallest absolute Gasteiger partial charge is 0.295 e. The lowest BCUT2D eigenvalue weighted by molar-refractivity contribution is -0.123. The molecule has 1 atom stereocenters. The summed E-state index contributed by atoms with van der Waals surface area (Å²) in [6.07, 6.45) is 5.17. The number of furan rings is 1. The summed E-state index contributed by atoms with van der Waals surface area (Å²) >= 11 is 6.38. The molecule has 1 aliphatic rings. The normalized spacial score (nSPS) is 14.0. The summed E-state index contributed by atoms with van der Waals surface area (Å²) < 4.78 is 27.7. The molecular weight excluding hydrogens is 512 g/mol. The van der Waals surface area contributed by atoms with Crippen LogP contribution in [-0.2, 0) is 4.79 Å². The number of carbonyl (C=O) groups excluding carboxylic acids is 2. The van der Waals surface area contributed by atoms with Crippen LogP contribution in [0, 0.1) is 0 Å². The minimum absolute atomic E-state index is 0.00568. The largest absolute Gasteiger partial charge is 0.495 e. The topological polar surface area (TPSA) is 99.5 Å². The Morgan fingerprint density at radius 2 is 1.61 bits per heavy atom. The second-order valence-corrected chi connectivity index (χ2v) is 9.26. The van der Waals surface area contributed by atoms with Gasteiger partial charge in [-0.2, -0.15) is 0 Å². The first-order valence-electron chi connectivity index (χ1n) is 12.2. The second-order valence-electron chi connectivity index (χ2n) is 8.82. The number of hydrogen-bond acceptors (Lipinski definition) is 7. The van der Waals surface area contributed by atoms with Gasteiger partial charge in [-0.15, -0.1) is 0 Å². The number of ether oxygens (including phenoxy) is 4. The fraction of sp³-hybridized carbons (Fsp3) is 0.357. The molecule has 0 saturated heterocycles. The van der Waals surface area contributed by atoms with E-state index in [4.69, 9.17) is 35.0 Å². The van der Waals surface area contributed by atoms with Gasteiger partial charge in [0.15, 0.2) is 17.3 Å². The van der Waals surface area contributed by atoms with Crippen molar-refractivity contribution in [3.63, 3.8) is 0 Å². The number of benzene rings is 2. The van der Waals surface area contributed by atoms with Crippen molar-refractivity contribution in [3.05, 3.63) is 65.1 Å². The summed E-state index contributed by atoms with van der Waals surface area (Å²) in [4.78, 5) is 29.5. The molecule has 1 aliphatic carbocycles. The van der Waals surface area contributed by atoms with Gasteiger partial charge in [0.2, 0.25) is 11.7 Å². The monoisotopic (exact) mass is 542 g/mol. The molecule has 1 heterocycles. The summed E-state index contributed by atoms with van der Waals surface area (Å²) in [6.45, 7) is 0. The number of amides is 2. The Hall–Kier alpha value is -3.85. The van der Waals surface area contributed by atoms with Crippen LogP contribution < -0.4 is 29.2 Å². The van der Waals surface area contributed by atoms with Gasteiger partial charge in [-0.05, 0) is 60.9 Å². The Balaban J connectivity index is 1.96. The average molecular weight is 543 g/mol. The molecule has 0 unspecified atom stereocenters. The van der Waals surface area contributed by atoms with Crippen LogP contribution in [-0.4, -0.2) is 46.3 Å². The van der Waals surface area contributed by atoms with E-state index in [0.29, 0.717) is 39.3 Å². The molecule has 9 nitrogen and oxygen atoms in total. The fourth-order valence-corrected chi connectivity index (χ4v) is 4.93. The Morgan fingerprint density at radius 3 is 2.16 bits per heavy atom. The van der Waals surface area contributed by atoms with E-state index in [-0.39, 0.29) is 17.7 Å². The molecule has 202 valence electrons. The third-order valence-corrected chi connectivity index (χ3v) is 6.80. The third kappa shape index (κ3) is 5.52. The minimum atomic E-state index is -1.17. The Labute approximate surface area is 226 Å². The van der Waals surface area contributed by atoms with Crippen molar-refractivity contribution in [2.24, 2.45) is 0 Å². The highest BCUT2D eigenvalue weighted by Crippen LogP contribution is 2.44. The second kappa shape index (κ2) is 12.1. The lowest BCUT2D eigenvalue weighted by atomic mass is 10.00. The third-order valence-electron chi connectivity index (χ3n) is 6.56. The van der Waals surface area contributed by atoms with E-state index < -0.39 is 11.9 Å². The van der Waals surface area contributed by atoms with Crippen LogP contribution >= 0.6 is 11.6 Å². The van der Waals surface area contributed by atoms with E-state index in [1.807, 2.05) is 0 Å². The van der Waals surface area contributed by atoms with E-state index in [1.165, 1.54) is 45.7 Å². The van der Waals surface area contributed by atoms with Crippen LogP contribution in [0.1, 0.15) is 47.8 Å². The molecule has 1 saturated carbocycles. The summed E-state index contributed by atoms with van der Waals surface area (Å²) in [5, 5.41) is 3.49. The minimum Gasteiger partial charge on any atom is -0.495 e. The SMILES string of the molecule is COc1ccc(Cl)cc1N(C(=O)c1ccco1)[C@H](C(=O)NC1CCCC1)c1cc(OC)c(OC)c(OC)c1. The molecule has 38 heavy (non-hydrogen) atoms. The Morgan fingerprint density at radius 1 is 0.947 bits per heavy atom. The fourth-order valence-electron chi connectivity index (χ4n) is 4.76. The highest BCUT2D eigenvalue weighted by molar-refractivity contribution is 6.31. The van der Waals surface area contributed by atoms with Gasteiger partial charge in [-0.3, -0.25) is 14.5 Å². The van der Waals surface area contributed by atoms with Gasteiger partial charge < -0.3 is 28.7 Å². The van der Waals surface area contributed by atoms with E-state index in [2.05, 4.69) is 5.32 Å². The number of hydrogen-bond donors (Lipinski definition) is 1. The molecule has 1 aromatic heterocycles. The van der Waals surface area contributed by atoms with Crippen molar-refractivity contribution in [3.8, 4) is 23.0 Å². The number of anilines is 1. The molecular formula is C28H31ClN2O7. The van der Waals surface area contributed by atoms with E-state index in [0.717, 1.165) is 25.7 Å². The van der Waals surface area contributed by atoms with E-state index in [9.17, 15) is 9.59 Å². The molecule has 1 N–H and O–H groups in total. The lowest BCUT2D eigenvalue weighted by Gasteiger charge is -2.33. The lowest BCUT2D eigenvalue weighted by Crippen LogP contribution is -2.46. The van der Waals surface area contributed by atoms with Gasteiger partial charge in [-0.25, -0.2) is 0 Å². The predicted octanol–water partition coefficient (Wildman–Crippen LogP) is 5.41. The van der Waals surface area contributed by atoms with Crippen molar-refractivity contribution in [2.45, 2.75) is 37.8 Å². The molecule has 0 aliphatic heterocycles. The maximum absolute atomic E-state index is 14.1. The highest BCUT2D eigenvalue weighted by Gasteiger charge is 2.38. The van der Waals surface area contributed by atoms with Crippen LogP contribution in [0.3, 0.4) is 0 Å². The van der Waals surface area contributed by atoms with Crippen molar-refractivity contribution in [2.75, 3.05) is 33.3 Å². The Kier molecular flexibility index (Phi) is 8.68. The van der Waals surface area contributed by atoms with Gasteiger partial charge in [0.05, 0.1) is 40.4 Å². The summed E-state index contributed by atoms with van der Waals surface area (Å²) in [5.74, 6) is 0.480. The first-order chi connectivity index (χ1) is 18.4. The average Bonchev–Trinajstić information content (AvgIpc) is 3.65. The van der Waals surface area contributed by atoms with Crippen molar-refractivity contribution in [1.82, 2.24) is 5.32 Å². The molecule has 0 bridgehead atoms. The van der Waals surface area contributed by atoms with Crippen LogP contribution in [0.5, 0.6) is 23.0 Å². The Bertz CT molecular complexity index is 1250. The predicted molar refractivity (Wildman–Crippen MR) is 143 cm³/mol. The van der Waals surface area contributed by atoms with E-state index >= 15 is 0 Å². The summed E-state index contributed by atoms with van der Waals surface area (Å²) in [6, 6.07) is 10.1. The van der Waals surface area contributed by atoms with Crippen LogP contribution in [0.4, 0.5) is 5.69 Å². The number of halogens is 1.